The van der Waals surface area contributed by atoms with Crippen LogP contribution in [0.25, 0.3) is 0 Å². The molecule has 0 amide bonds. The van der Waals surface area contributed by atoms with E-state index in [1.54, 1.807) is 6.07 Å². The van der Waals surface area contributed by atoms with Crippen molar-refractivity contribution >= 4 is 6.29 Å². The van der Waals surface area contributed by atoms with Gasteiger partial charge < -0.3 is 4.74 Å². The van der Waals surface area contributed by atoms with Crippen LogP contribution >= 0.6 is 0 Å². The molecule has 0 fully saturated rings. The van der Waals surface area contributed by atoms with Crippen LogP contribution in [0.4, 0.5) is 0 Å². The third-order valence-corrected chi connectivity index (χ3v) is 3.99. The molecule has 110 valence electrons. The molecule has 2 nitrogen and oxygen atoms in total. The van der Waals surface area contributed by atoms with Crippen molar-refractivity contribution in [3.05, 3.63) is 65.2 Å². The average molecular weight is 282 g/mol. The van der Waals surface area contributed by atoms with Crippen molar-refractivity contribution < 1.29 is 9.53 Å². The van der Waals surface area contributed by atoms with Gasteiger partial charge in [0.05, 0.1) is 0 Å². The second-order valence-corrected chi connectivity index (χ2v) is 5.92. The summed E-state index contributed by atoms with van der Waals surface area (Å²) in [6, 6.07) is 15.7. The van der Waals surface area contributed by atoms with Gasteiger partial charge in [-0.2, -0.15) is 0 Å². The number of hydrogen-bond donors (Lipinski definition) is 0. The molecule has 0 aliphatic heterocycles. The van der Waals surface area contributed by atoms with Crippen LogP contribution in [0.5, 0.6) is 5.75 Å². The van der Waals surface area contributed by atoms with Crippen LogP contribution < -0.4 is 4.74 Å². The van der Waals surface area contributed by atoms with Crippen molar-refractivity contribution in [3.63, 3.8) is 0 Å². The third-order valence-electron chi connectivity index (χ3n) is 3.99. The van der Waals surface area contributed by atoms with Gasteiger partial charge in [0.15, 0.2) is 0 Å². The molecule has 0 aromatic heterocycles. The van der Waals surface area contributed by atoms with E-state index in [1.807, 2.05) is 30.3 Å². The minimum Gasteiger partial charge on any atom is -0.489 e. The van der Waals surface area contributed by atoms with E-state index in [0.717, 1.165) is 24.0 Å². The molecule has 21 heavy (non-hydrogen) atoms. The summed E-state index contributed by atoms with van der Waals surface area (Å²) in [6.07, 6.45) is 1.94. The van der Waals surface area contributed by atoms with Gasteiger partial charge in [-0.05, 0) is 41.2 Å². The van der Waals surface area contributed by atoms with Gasteiger partial charge >= 0.3 is 0 Å². The highest BCUT2D eigenvalue weighted by Gasteiger charge is 2.18. The fourth-order valence-electron chi connectivity index (χ4n) is 2.13. The maximum Gasteiger partial charge on any atom is 0.150 e. The molecule has 2 aromatic rings. The zero-order chi connectivity index (χ0) is 15.3. The smallest absolute Gasteiger partial charge is 0.150 e. The lowest BCUT2D eigenvalue weighted by atomic mass is 9.82. The molecule has 0 saturated heterocycles. The molecule has 0 spiro atoms. The number of ether oxygens (including phenoxy) is 1. The molecule has 0 radical (unpaired) electrons. The van der Waals surface area contributed by atoms with Gasteiger partial charge in [0, 0.05) is 5.56 Å². The summed E-state index contributed by atoms with van der Waals surface area (Å²) in [5, 5.41) is 0. The van der Waals surface area contributed by atoms with Gasteiger partial charge in [-0.3, -0.25) is 4.79 Å². The molecule has 0 unspecified atom stereocenters. The summed E-state index contributed by atoms with van der Waals surface area (Å²) in [5.74, 6) is 0.866. The maximum atomic E-state index is 10.8. The molecule has 0 aliphatic carbocycles. The molecule has 2 aromatic carbocycles. The second-order valence-electron chi connectivity index (χ2n) is 5.92. The highest BCUT2D eigenvalue weighted by molar-refractivity contribution is 5.74. The lowest BCUT2D eigenvalue weighted by Crippen LogP contribution is -2.15. The van der Waals surface area contributed by atoms with Crippen LogP contribution in [-0.2, 0) is 12.0 Å². The highest BCUT2D eigenvalue weighted by atomic mass is 16.5. The summed E-state index contributed by atoms with van der Waals surface area (Å²) in [5.41, 5.74) is 3.11. The monoisotopic (exact) mass is 282 g/mol. The van der Waals surface area contributed by atoms with Crippen LogP contribution in [0.2, 0.25) is 0 Å². The fraction of sp³-hybridized carbons (Fsp3) is 0.316. The summed E-state index contributed by atoms with van der Waals surface area (Å²) < 4.78 is 5.86. The van der Waals surface area contributed by atoms with Crippen molar-refractivity contribution in [2.45, 2.75) is 39.2 Å². The standard InChI is InChI=1S/C19H22O2/c1-4-19(2,3)17-9-6-10-18(12-17)21-14-16-8-5-7-15(11-16)13-20/h5-13H,4,14H2,1-3H3. The average Bonchev–Trinajstić information content (AvgIpc) is 2.53. The minimum atomic E-state index is 0.150. The number of hydrogen-bond acceptors (Lipinski definition) is 2. The van der Waals surface area contributed by atoms with Crippen molar-refractivity contribution in [3.8, 4) is 5.75 Å². The number of aldehydes is 1. The zero-order valence-corrected chi connectivity index (χ0v) is 12.9. The van der Waals surface area contributed by atoms with Crippen LogP contribution in [0.3, 0.4) is 0 Å². The van der Waals surface area contributed by atoms with E-state index in [-0.39, 0.29) is 5.41 Å². The molecule has 2 heteroatoms. The van der Waals surface area contributed by atoms with E-state index < -0.39 is 0 Å². The normalized spacial score (nSPS) is 11.2. The molecule has 0 aliphatic rings. The van der Waals surface area contributed by atoms with Crippen molar-refractivity contribution in [1.29, 1.82) is 0 Å². The minimum absolute atomic E-state index is 0.150. The third kappa shape index (κ3) is 3.94. The molecule has 2 rings (SSSR count). The number of carbonyl (C=O) groups excluding carboxylic acids is 1. The topological polar surface area (TPSA) is 26.3 Å². The van der Waals surface area contributed by atoms with E-state index in [0.29, 0.717) is 12.2 Å². The maximum absolute atomic E-state index is 10.8. The van der Waals surface area contributed by atoms with Gasteiger partial charge in [-0.25, -0.2) is 0 Å². The Morgan fingerprint density at radius 2 is 1.86 bits per heavy atom. The molecular weight excluding hydrogens is 260 g/mol. The Balaban J connectivity index is 2.10. The van der Waals surface area contributed by atoms with Gasteiger partial charge in [0.2, 0.25) is 0 Å². The van der Waals surface area contributed by atoms with Gasteiger partial charge in [0.1, 0.15) is 18.6 Å². The first-order chi connectivity index (χ1) is 10.0. The Bertz CT molecular complexity index is 614. The van der Waals surface area contributed by atoms with Gasteiger partial charge in [-0.1, -0.05) is 51.1 Å². The van der Waals surface area contributed by atoms with E-state index in [9.17, 15) is 4.79 Å². The molecule has 0 bridgehead atoms. The first-order valence-corrected chi connectivity index (χ1v) is 7.32. The highest BCUT2D eigenvalue weighted by Crippen LogP contribution is 2.29. The van der Waals surface area contributed by atoms with Crippen molar-refractivity contribution in [2.24, 2.45) is 0 Å². The Kier molecular flexibility index (Phi) is 4.79. The van der Waals surface area contributed by atoms with Crippen LogP contribution in [0.15, 0.2) is 48.5 Å². The first kappa shape index (κ1) is 15.3. The number of rotatable bonds is 6. The number of carbonyl (C=O) groups is 1. The molecule has 0 heterocycles. The Morgan fingerprint density at radius 1 is 1.10 bits per heavy atom. The summed E-state index contributed by atoms with van der Waals surface area (Å²) in [6.45, 7) is 7.13. The first-order valence-electron chi connectivity index (χ1n) is 7.32. The van der Waals surface area contributed by atoms with Crippen LogP contribution in [0, 0.1) is 0 Å². The lowest BCUT2D eigenvalue weighted by Gasteiger charge is -2.23. The van der Waals surface area contributed by atoms with E-state index in [4.69, 9.17) is 4.74 Å². The van der Waals surface area contributed by atoms with Gasteiger partial charge in [0.25, 0.3) is 0 Å². The number of benzene rings is 2. The zero-order valence-electron chi connectivity index (χ0n) is 12.9. The van der Waals surface area contributed by atoms with E-state index in [2.05, 4.69) is 32.9 Å². The largest absolute Gasteiger partial charge is 0.489 e. The lowest BCUT2D eigenvalue weighted by molar-refractivity contribution is 0.112. The Labute approximate surface area is 126 Å². The van der Waals surface area contributed by atoms with E-state index >= 15 is 0 Å². The van der Waals surface area contributed by atoms with Crippen LogP contribution in [-0.4, -0.2) is 6.29 Å². The summed E-state index contributed by atoms with van der Waals surface area (Å²) in [4.78, 5) is 10.8. The summed E-state index contributed by atoms with van der Waals surface area (Å²) in [7, 11) is 0. The molecular formula is C19H22O2. The predicted molar refractivity (Wildman–Crippen MR) is 85.9 cm³/mol. The van der Waals surface area contributed by atoms with Crippen molar-refractivity contribution in [1.82, 2.24) is 0 Å². The summed E-state index contributed by atoms with van der Waals surface area (Å²) >= 11 is 0. The van der Waals surface area contributed by atoms with Crippen molar-refractivity contribution in [2.75, 3.05) is 0 Å². The Hall–Kier alpha value is -2.09. The second kappa shape index (κ2) is 6.57. The quantitative estimate of drug-likeness (QED) is 0.714. The molecule has 0 atom stereocenters. The van der Waals surface area contributed by atoms with Gasteiger partial charge in [-0.15, -0.1) is 0 Å². The fourth-order valence-corrected chi connectivity index (χ4v) is 2.13. The predicted octanol–water partition coefficient (Wildman–Crippen LogP) is 4.77. The molecule has 0 N–H and O–H groups in total. The molecule has 0 saturated carbocycles. The Morgan fingerprint density at radius 3 is 2.57 bits per heavy atom. The SMILES string of the molecule is CCC(C)(C)c1cccc(OCc2cccc(C=O)c2)c1. The van der Waals surface area contributed by atoms with Crippen LogP contribution in [0.1, 0.15) is 48.7 Å². The van der Waals surface area contributed by atoms with E-state index in [1.165, 1.54) is 5.56 Å².